The predicted molar refractivity (Wildman–Crippen MR) is 70.7 cm³/mol. The van der Waals surface area contributed by atoms with Crippen molar-refractivity contribution in [2.24, 2.45) is 0 Å². The number of hydrogen-bond acceptors (Lipinski definition) is 2. The van der Waals surface area contributed by atoms with Crippen molar-refractivity contribution in [3.8, 4) is 0 Å². The van der Waals surface area contributed by atoms with Gasteiger partial charge in [0, 0.05) is 25.5 Å². The third-order valence-electron chi connectivity index (χ3n) is 2.91. The second-order valence-electron chi connectivity index (χ2n) is 4.39. The number of hydrogen-bond donors (Lipinski definition) is 1. The largest absolute Gasteiger partial charge is 0.309 e. The summed E-state index contributed by atoms with van der Waals surface area (Å²) in [6.45, 7) is 5.99. The molecule has 0 atom stereocenters. The fourth-order valence-corrected chi connectivity index (χ4v) is 1.73. The van der Waals surface area contributed by atoms with Crippen LogP contribution in [0, 0.1) is 13.8 Å². The van der Waals surface area contributed by atoms with Gasteiger partial charge >= 0.3 is 0 Å². The summed E-state index contributed by atoms with van der Waals surface area (Å²) in [6.07, 6.45) is 3.76. The molecule has 1 heterocycles. The normalized spacial score (nSPS) is 10.5. The Morgan fingerprint density at radius 3 is 2.47 bits per heavy atom. The van der Waals surface area contributed by atoms with E-state index in [1.807, 2.05) is 18.5 Å². The molecule has 2 nitrogen and oxygen atoms in total. The van der Waals surface area contributed by atoms with E-state index in [0.29, 0.717) is 0 Å². The molecule has 0 radical (unpaired) electrons. The van der Waals surface area contributed by atoms with Crippen LogP contribution in [0.25, 0.3) is 0 Å². The van der Waals surface area contributed by atoms with Gasteiger partial charge in [-0.2, -0.15) is 0 Å². The maximum Gasteiger partial charge on any atom is 0.0315 e. The quantitative estimate of drug-likeness (QED) is 0.867. The molecular formula is C15H18N2. The highest BCUT2D eigenvalue weighted by Crippen LogP contribution is 2.06. The molecule has 0 spiro atoms. The molecule has 17 heavy (non-hydrogen) atoms. The molecule has 0 saturated heterocycles. The topological polar surface area (TPSA) is 24.9 Å². The molecule has 0 bridgehead atoms. The molecule has 0 fully saturated rings. The Kier molecular flexibility index (Phi) is 3.89. The number of nitrogens with one attached hydrogen (secondary N) is 1. The van der Waals surface area contributed by atoms with E-state index in [0.717, 1.165) is 13.1 Å². The SMILES string of the molecule is Cc1ccc(CNCc2cnccc2C)cc1. The van der Waals surface area contributed by atoms with Crippen LogP contribution in [0.1, 0.15) is 22.3 Å². The molecule has 0 aliphatic rings. The van der Waals surface area contributed by atoms with Gasteiger partial charge in [0.05, 0.1) is 0 Å². The average molecular weight is 226 g/mol. The molecule has 2 aromatic rings. The second-order valence-corrected chi connectivity index (χ2v) is 4.39. The Morgan fingerprint density at radius 2 is 1.76 bits per heavy atom. The zero-order valence-corrected chi connectivity index (χ0v) is 10.4. The van der Waals surface area contributed by atoms with E-state index in [1.165, 1.54) is 22.3 Å². The summed E-state index contributed by atoms with van der Waals surface area (Å²) in [5.74, 6) is 0. The van der Waals surface area contributed by atoms with Crippen LogP contribution >= 0.6 is 0 Å². The zero-order chi connectivity index (χ0) is 12.1. The fourth-order valence-electron chi connectivity index (χ4n) is 1.73. The Bertz CT molecular complexity index is 475. The number of pyridine rings is 1. The second kappa shape index (κ2) is 5.60. The first kappa shape index (κ1) is 11.8. The minimum absolute atomic E-state index is 0.869. The molecule has 2 rings (SSSR count). The molecule has 88 valence electrons. The van der Waals surface area contributed by atoms with Crippen LogP contribution < -0.4 is 5.32 Å². The summed E-state index contributed by atoms with van der Waals surface area (Å²) in [6, 6.07) is 10.7. The summed E-state index contributed by atoms with van der Waals surface area (Å²) in [4.78, 5) is 4.14. The Morgan fingerprint density at radius 1 is 1.00 bits per heavy atom. The van der Waals surface area contributed by atoms with E-state index in [-0.39, 0.29) is 0 Å². The maximum atomic E-state index is 4.14. The van der Waals surface area contributed by atoms with Crippen molar-refractivity contribution in [3.05, 3.63) is 65.0 Å². The van der Waals surface area contributed by atoms with E-state index in [9.17, 15) is 0 Å². The van der Waals surface area contributed by atoms with E-state index >= 15 is 0 Å². The fraction of sp³-hybridized carbons (Fsp3) is 0.267. The molecule has 0 aliphatic carbocycles. The zero-order valence-electron chi connectivity index (χ0n) is 10.4. The van der Waals surface area contributed by atoms with Gasteiger partial charge in [0.15, 0.2) is 0 Å². The van der Waals surface area contributed by atoms with Crippen molar-refractivity contribution in [2.75, 3.05) is 0 Å². The summed E-state index contributed by atoms with van der Waals surface area (Å²) in [5, 5.41) is 3.44. The lowest BCUT2D eigenvalue weighted by atomic mass is 10.1. The third kappa shape index (κ3) is 3.40. The van der Waals surface area contributed by atoms with Gasteiger partial charge in [0.25, 0.3) is 0 Å². The van der Waals surface area contributed by atoms with E-state index in [2.05, 4.69) is 48.4 Å². The number of nitrogens with zero attached hydrogens (tertiary/aromatic N) is 1. The van der Waals surface area contributed by atoms with Gasteiger partial charge < -0.3 is 5.32 Å². The van der Waals surface area contributed by atoms with Crippen molar-refractivity contribution in [2.45, 2.75) is 26.9 Å². The van der Waals surface area contributed by atoms with Gasteiger partial charge in [0.1, 0.15) is 0 Å². The van der Waals surface area contributed by atoms with Gasteiger partial charge in [-0.05, 0) is 36.6 Å². The number of benzene rings is 1. The summed E-state index contributed by atoms with van der Waals surface area (Å²) in [7, 11) is 0. The van der Waals surface area contributed by atoms with E-state index in [4.69, 9.17) is 0 Å². The van der Waals surface area contributed by atoms with Crippen LogP contribution in [-0.4, -0.2) is 4.98 Å². The van der Waals surface area contributed by atoms with Crippen LogP contribution in [-0.2, 0) is 13.1 Å². The number of aromatic nitrogens is 1. The highest BCUT2D eigenvalue weighted by Gasteiger charge is 1.97. The Hall–Kier alpha value is -1.67. The lowest BCUT2D eigenvalue weighted by Gasteiger charge is -2.07. The monoisotopic (exact) mass is 226 g/mol. The van der Waals surface area contributed by atoms with Crippen molar-refractivity contribution in [3.63, 3.8) is 0 Å². The van der Waals surface area contributed by atoms with Gasteiger partial charge in [-0.3, -0.25) is 4.98 Å². The standard InChI is InChI=1S/C15H18N2/c1-12-3-5-14(6-4-12)9-17-11-15-10-16-8-7-13(15)2/h3-8,10,17H,9,11H2,1-2H3. The maximum absolute atomic E-state index is 4.14. The summed E-state index contributed by atoms with van der Waals surface area (Å²) < 4.78 is 0. The molecule has 0 amide bonds. The predicted octanol–water partition coefficient (Wildman–Crippen LogP) is 2.99. The van der Waals surface area contributed by atoms with Crippen LogP contribution in [0.4, 0.5) is 0 Å². The summed E-state index contributed by atoms with van der Waals surface area (Å²) >= 11 is 0. The Balaban J connectivity index is 1.88. The minimum Gasteiger partial charge on any atom is -0.309 e. The summed E-state index contributed by atoms with van der Waals surface area (Å²) in [5.41, 5.74) is 5.17. The minimum atomic E-state index is 0.869. The number of rotatable bonds is 4. The molecule has 0 saturated carbocycles. The first-order valence-electron chi connectivity index (χ1n) is 5.91. The first-order chi connectivity index (χ1) is 8.25. The van der Waals surface area contributed by atoms with Gasteiger partial charge in [-0.15, -0.1) is 0 Å². The van der Waals surface area contributed by atoms with Gasteiger partial charge in [-0.1, -0.05) is 29.8 Å². The molecule has 1 aromatic heterocycles. The van der Waals surface area contributed by atoms with E-state index in [1.54, 1.807) is 0 Å². The number of aryl methyl sites for hydroxylation is 2. The average Bonchev–Trinajstić information content (AvgIpc) is 2.34. The van der Waals surface area contributed by atoms with Gasteiger partial charge in [-0.25, -0.2) is 0 Å². The van der Waals surface area contributed by atoms with Crippen LogP contribution in [0.5, 0.6) is 0 Å². The van der Waals surface area contributed by atoms with Crippen molar-refractivity contribution < 1.29 is 0 Å². The van der Waals surface area contributed by atoms with E-state index < -0.39 is 0 Å². The molecule has 1 aromatic carbocycles. The van der Waals surface area contributed by atoms with Crippen molar-refractivity contribution in [1.29, 1.82) is 0 Å². The highest BCUT2D eigenvalue weighted by atomic mass is 14.8. The smallest absolute Gasteiger partial charge is 0.0315 e. The molecule has 0 aliphatic heterocycles. The first-order valence-corrected chi connectivity index (χ1v) is 5.91. The lowest BCUT2D eigenvalue weighted by Crippen LogP contribution is -2.13. The molecular weight excluding hydrogens is 208 g/mol. The van der Waals surface area contributed by atoms with Crippen LogP contribution in [0.2, 0.25) is 0 Å². The van der Waals surface area contributed by atoms with Gasteiger partial charge in [0.2, 0.25) is 0 Å². The molecule has 1 N–H and O–H groups in total. The van der Waals surface area contributed by atoms with Crippen molar-refractivity contribution >= 4 is 0 Å². The van der Waals surface area contributed by atoms with Crippen molar-refractivity contribution in [1.82, 2.24) is 10.3 Å². The van der Waals surface area contributed by atoms with Crippen LogP contribution in [0.15, 0.2) is 42.7 Å². The Labute approximate surface area is 103 Å². The molecule has 2 heteroatoms. The lowest BCUT2D eigenvalue weighted by molar-refractivity contribution is 0.688. The third-order valence-corrected chi connectivity index (χ3v) is 2.91. The van der Waals surface area contributed by atoms with Crippen LogP contribution in [0.3, 0.4) is 0 Å². The highest BCUT2D eigenvalue weighted by molar-refractivity contribution is 5.23. The molecule has 0 unspecified atom stereocenters.